The number of furan rings is 1. The lowest BCUT2D eigenvalue weighted by Gasteiger charge is -2.37. The highest BCUT2D eigenvalue weighted by Crippen LogP contribution is 2.52. The van der Waals surface area contributed by atoms with E-state index in [9.17, 15) is 0 Å². The molecular weight excluding hydrogens is 761 g/mol. The van der Waals surface area contributed by atoms with Gasteiger partial charge in [-0.2, -0.15) is 0 Å². The van der Waals surface area contributed by atoms with E-state index in [-0.39, 0.29) is 11.8 Å². The van der Waals surface area contributed by atoms with Crippen molar-refractivity contribution in [3.8, 4) is 33.4 Å². The normalized spacial score (nSPS) is 15.7. The van der Waals surface area contributed by atoms with Gasteiger partial charge in [-0.1, -0.05) is 200 Å². The zero-order valence-corrected chi connectivity index (χ0v) is 34.5. The lowest BCUT2D eigenvalue weighted by Crippen LogP contribution is -2.23. The van der Waals surface area contributed by atoms with Crippen molar-refractivity contribution in [1.82, 2.24) is 0 Å². The summed E-state index contributed by atoms with van der Waals surface area (Å²) < 4.78 is 6.80. The highest BCUT2D eigenvalue weighted by molar-refractivity contribution is 6.18. The van der Waals surface area contributed by atoms with Crippen LogP contribution in [0.4, 0.5) is 0 Å². The van der Waals surface area contributed by atoms with Crippen LogP contribution in [0.15, 0.2) is 241 Å². The number of hydrogen-bond donors (Lipinski definition) is 0. The summed E-state index contributed by atoms with van der Waals surface area (Å²) >= 11 is 0. The van der Waals surface area contributed by atoms with Crippen molar-refractivity contribution >= 4 is 59.8 Å². The molecular formula is C62H40O. The lowest BCUT2D eigenvalue weighted by molar-refractivity contribution is 0.649. The fraction of sp³-hybridized carbons (Fsp3) is 0.0323. The van der Waals surface area contributed by atoms with Crippen molar-refractivity contribution in [2.45, 2.75) is 5.92 Å². The Morgan fingerprint density at radius 2 is 0.952 bits per heavy atom. The number of allylic oxidation sites excluding steroid dienone is 5. The number of para-hydroxylation sites is 1. The Morgan fingerprint density at radius 1 is 0.381 bits per heavy atom. The summed E-state index contributed by atoms with van der Waals surface area (Å²) in [4.78, 5) is 0. The molecule has 10 aromatic carbocycles. The Kier molecular flexibility index (Phi) is 8.11. The zero-order valence-electron chi connectivity index (χ0n) is 34.5. The summed E-state index contributed by atoms with van der Waals surface area (Å²) in [6, 6.07) is 76.1. The predicted molar refractivity (Wildman–Crippen MR) is 265 cm³/mol. The van der Waals surface area contributed by atoms with Gasteiger partial charge in [-0.25, -0.2) is 0 Å². The van der Waals surface area contributed by atoms with E-state index in [1.54, 1.807) is 0 Å². The SMILES string of the molecule is C1=CC2=C(c3ccc(-c4ccc5ccccc5c4)cc3)c3ccc(-c4c5ccccc5cc5c4oc4ccccc45)cc3C(c3ccc(-c4ccc5ccccc5c4)cc3)C2C=C1. The molecule has 2 aliphatic rings. The minimum absolute atomic E-state index is 0.0866. The molecule has 294 valence electrons. The molecule has 11 aromatic rings. The third-order valence-electron chi connectivity index (χ3n) is 13.7. The minimum atomic E-state index is 0.0866. The van der Waals surface area contributed by atoms with Crippen molar-refractivity contribution in [3.05, 3.63) is 258 Å². The lowest BCUT2D eigenvalue weighted by atomic mass is 9.66. The fourth-order valence-electron chi connectivity index (χ4n) is 10.6. The quantitative estimate of drug-likeness (QED) is 0.169. The van der Waals surface area contributed by atoms with Crippen LogP contribution < -0.4 is 0 Å². The molecule has 2 atom stereocenters. The molecule has 0 radical (unpaired) electrons. The van der Waals surface area contributed by atoms with E-state index in [1.807, 2.05) is 0 Å². The van der Waals surface area contributed by atoms with Crippen LogP contribution in [0.1, 0.15) is 28.2 Å². The zero-order chi connectivity index (χ0) is 41.4. The van der Waals surface area contributed by atoms with Crippen molar-refractivity contribution in [3.63, 3.8) is 0 Å². The van der Waals surface area contributed by atoms with Gasteiger partial charge in [-0.3, -0.25) is 0 Å². The van der Waals surface area contributed by atoms with Crippen molar-refractivity contribution in [2.24, 2.45) is 5.92 Å². The molecule has 63 heavy (non-hydrogen) atoms. The molecule has 1 aromatic heterocycles. The van der Waals surface area contributed by atoms with Gasteiger partial charge in [-0.05, 0) is 124 Å². The molecule has 0 N–H and O–H groups in total. The van der Waals surface area contributed by atoms with Gasteiger partial charge in [0, 0.05) is 28.2 Å². The smallest absolute Gasteiger partial charge is 0.143 e. The third-order valence-corrected chi connectivity index (χ3v) is 13.7. The largest absolute Gasteiger partial charge is 0.455 e. The van der Waals surface area contributed by atoms with Crippen LogP contribution in [-0.4, -0.2) is 0 Å². The van der Waals surface area contributed by atoms with Crippen LogP contribution in [0.2, 0.25) is 0 Å². The number of rotatable bonds is 5. The Morgan fingerprint density at radius 3 is 1.67 bits per heavy atom. The number of benzene rings is 10. The van der Waals surface area contributed by atoms with E-state index >= 15 is 0 Å². The Labute approximate surface area is 366 Å². The first-order valence-corrected chi connectivity index (χ1v) is 22.0. The second kappa shape index (κ2) is 14.3. The maximum absolute atomic E-state index is 6.80. The van der Waals surface area contributed by atoms with E-state index in [0.717, 1.165) is 33.1 Å². The molecule has 0 aliphatic heterocycles. The Balaban J connectivity index is 1.00. The summed E-state index contributed by atoms with van der Waals surface area (Å²) in [5.41, 5.74) is 16.8. The third kappa shape index (κ3) is 5.85. The summed E-state index contributed by atoms with van der Waals surface area (Å²) in [6.45, 7) is 0. The topological polar surface area (TPSA) is 13.1 Å². The fourth-order valence-corrected chi connectivity index (χ4v) is 10.6. The van der Waals surface area contributed by atoms with E-state index < -0.39 is 0 Å². The van der Waals surface area contributed by atoms with Crippen molar-refractivity contribution < 1.29 is 4.42 Å². The van der Waals surface area contributed by atoms with Gasteiger partial charge < -0.3 is 4.42 Å². The van der Waals surface area contributed by atoms with Gasteiger partial charge in [0.1, 0.15) is 11.2 Å². The second-order valence-electron chi connectivity index (χ2n) is 17.2. The highest BCUT2D eigenvalue weighted by atomic mass is 16.3. The second-order valence-corrected chi connectivity index (χ2v) is 17.2. The monoisotopic (exact) mass is 800 g/mol. The predicted octanol–water partition coefficient (Wildman–Crippen LogP) is 16.7. The summed E-state index contributed by atoms with van der Waals surface area (Å²) in [5.74, 6) is 0.224. The summed E-state index contributed by atoms with van der Waals surface area (Å²) in [6.07, 6.45) is 9.23. The van der Waals surface area contributed by atoms with E-state index in [4.69, 9.17) is 4.42 Å². The van der Waals surface area contributed by atoms with Crippen LogP contribution in [0.5, 0.6) is 0 Å². The van der Waals surface area contributed by atoms with E-state index in [0.29, 0.717) is 0 Å². The Bertz CT molecular complexity index is 3720. The van der Waals surface area contributed by atoms with Crippen molar-refractivity contribution in [2.75, 3.05) is 0 Å². The van der Waals surface area contributed by atoms with E-state index in [2.05, 4.69) is 231 Å². The van der Waals surface area contributed by atoms with Crippen LogP contribution in [0, 0.1) is 5.92 Å². The molecule has 0 bridgehead atoms. The maximum atomic E-state index is 6.80. The molecule has 0 spiro atoms. The van der Waals surface area contributed by atoms with E-state index in [1.165, 1.54) is 88.0 Å². The standard InChI is InChI=1S/C62H40O/c1-3-13-45-35-47(31-25-39(45)11-1)41-21-27-43(28-22-41)59-53-18-7-8-19-54(53)60(44-29-23-42(24-30-44)48-32-26-40-12-2-4-14-46(40)36-48)56-38-50(33-34-55(56)59)61-51-16-6-5-15-49(51)37-57-52-17-9-10-20-58(52)63-62(57)61/h1-38,54,60H. The average Bonchev–Trinajstić information content (AvgIpc) is 3.72. The molecule has 1 heteroatoms. The number of hydrogen-bond acceptors (Lipinski definition) is 1. The molecule has 1 heterocycles. The van der Waals surface area contributed by atoms with Crippen LogP contribution in [0.3, 0.4) is 0 Å². The molecule has 1 nitrogen and oxygen atoms in total. The van der Waals surface area contributed by atoms with Crippen LogP contribution in [-0.2, 0) is 0 Å². The molecule has 0 amide bonds. The first-order chi connectivity index (χ1) is 31.2. The molecule has 2 unspecified atom stereocenters. The van der Waals surface area contributed by atoms with Gasteiger partial charge in [0.05, 0.1) is 0 Å². The van der Waals surface area contributed by atoms with Gasteiger partial charge in [0.25, 0.3) is 0 Å². The number of fused-ring (bicyclic) bond motifs is 8. The van der Waals surface area contributed by atoms with Gasteiger partial charge in [-0.15, -0.1) is 0 Å². The molecule has 13 rings (SSSR count). The van der Waals surface area contributed by atoms with Gasteiger partial charge in [0.15, 0.2) is 0 Å². The van der Waals surface area contributed by atoms with Gasteiger partial charge in [0.2, 0.25) is 0 Å². The van der Waals surface area contributed by atoms with Crippen molar-refractivity contribution in [1.29, 1.82) is 0 Å². The molecule has 0 fully saturated rings. The first-order valence-electron chi connectivity index (χ1n) is 22.0. The minimum Gasteiger partial charge on any atom is -0.455 e. The molecule has 2 aliphatic carbocycles. The summed E-state index contributed by atoms with van der Waals surface area (Å²) in [5, 5.41) is 9.72. The summed E-state index contributed by atoms with van der Waals surface area (Å²) in [7, 11) is 0. The highest BCUT2D eigenvalue weighted by Gasteiger charge is 2.36. The average molecular weight is 801 g/mol. The maximum Gasteiger partial charge on any atom is 0.143 e. The molecule has 0 saturated heterocycles. The Hall–Kier alpha value is -8.00. The first kappa shape index (κ1) is 35.7. The van der Waals surface area contributed by atoms with Gasteiger partial charge >= 0.3 is 0 Å². The van der Waals surface area contributed by atoms with Crippen LogP contribution in [0.25, 0.3) is 93.2 Å². The molecule has 0 saturated carbocycles. The van der Waals surface area contributed by atoms with Crippen LogP contribution >= 0.6 is 0 Å².